The lowest BCUT2D eigenvalue weighted by Gasteiger charge is -2.21. The molecule has 0 aliphatic heterocycles. The molecule has 0 heterocycles. The Morgan fingerprint density at radius 3 is 0.798 bits per heavy atom. The van der Waals surface area contributed by atoms with Crippen molar-refractivity contribution in [3.63, 3.8) is 0 Å². The van der Waals surface area contributed by atoms with E-state index in [-0.39, 0.29) is 25.7 Å². The second-order valence-electron chi connectivity index (χ2n) is 27.3. The maximum Gasteiger partial charge on any atom is 0.472 e. The van der Waals surface area contributed by atoms with E-state index in [0.29, 0.717) is 25.7 Å². The number of esters is 4. The molecule has 5 atom stereocenters. The van der Waals surface area contributed by atoms with Gasteiger partial charge in [0, 0.05) is 25.7 Å². The maximum absolute atomic E-state index is 13.1. The summed E-state index contributed by atoms with van der Waals surface area (Å²) in [6.07, 6.45) is 83.4. The van der Waals surface area contributed by atoms with Crippen molar-refractivity contribution in [3.05, 3.63) is 109 Å². The number of phosphoric acid groups is 2. The van der Waals surface area contributed by atoms with Crippen molar-refractivity contribution < 1.29 is 80.2 Å². The molecule has 0 rings (SSSR count). The van der Waals surface area contributed by atoms with E-state index in [4.69, 9.17) is 37.0 Å². The fourth-order valence-electron chi connectivity index (χ4n) is 10.9. The lowest BCUT2D eigenvalue weighted by atomic mass is 10.1. The van der Waals surface area contributed by atoms with Crippen LogP contribution in [0.3, 0.4) is 0 Å². The summed E-state index contributed by atoms with van der Waals surface area (Å²) in [6, 6.07) is 0. The third-order valence-electron chi connectivity index (χ3n) is 17.2. The van der Waals surface area contributed by atoms with Gasteiger partial charge in [0.25, 0.3) is 0 Å². The van der Waals surface area contributed by atoms with Crippen LogP contribution >= 0.6 is 15.6 Å². The third-order valence-corrected chi connectivity index (χ3v) is 19.1. The van der Waals surface area contributed by atoms with Crippen molar-refractivity contribution in [1.82, 2.24) is 0 Å². The number of carbonyl (C=O) groups excluding carboxylic acids is 4. The van der Waals surface area contributed by atoms with Gasteiger partial charge >= 0.3 is 39.5 Å². The minimum atomic E-state index is -4.99. The predicted octanol–water partition coefficient (Wildman–Crippen LogP) is 24.1. The zero-order valence-electron chi connectivity index (χ0n) is 65.7. The summed E-state index contributed by atoms with van der Waals surface area (Å²) in [5.74, 6) is -2.21. The Hall–Kier alpha value is -4.28. The molecule has 600 valence electrons. The van der Waals surface area contributed by atoms with Crippen LogP contribution < -0.4 is 0 Å². The van der Waals surface area contributed by atoms with Gasteiger partial charge in [-0.25, -0.2) is 9.13 Å². The molecule has 0 bridgehead atoms. The van der Waals surface area contributed by atoms with E-state index in [0.717, 1.165) is 199 Å². The predicted molar refractivity (Wildman–Crippen MR) is 427 cm³/mol. The first-order valence-electron chi connectivity index (χ1n) is 41.1. The Labute approximate surface area is 632 Å². The first kappa shape index (κ1) is 99.7. The molecule has 0 spiro atoms. The number of carbonyl (C=O) groups is 4. The summed E-state index contributed by atoms with van der Waals surface area (Å²) in [6.45, 7) is 4.69. The number of phosphoric ester groups is 2. The van der Waals surface area contributed by atoms with Gasteiger partial charge in [-0.3, -0.25) is 37.3 Å². The molecule has 3 N–H and O–H groups in total. The molecule has 17 nitrogen and oxygen atoms in total. The lowest BCUT2D eigenvalue weighted by molar-refractivity contribution is -0.161. The quantitative estimate of drug-likeness (QED) is 0.0169. The molecular weight excluding hydrogens is 1350 g/mol. The van der Waals surface area contributed by atoms with Crippen LogP contribution in [0.15, 0.2) is 109 Å². The largest absolute Gasteiger partial charge is 0.472 e. The Bertz CT molecular complexity index is 2390. The number of hydrogen-bond donors (Lipinski definition) is 3. The van der Waals surface area contributed by atoms with Gasteiger partial charge in [-0.1, -0.05) is 278 Å². The molecular formula is C85H148O17P2. The lowest BCUT2D eigenvalue weighted by Crippen LogP contribution is -2.30. The normalized spacial score (nSPS) is 14.4. The van der Waals surface area contributed by atoms with Crippen LogP contribution in [0.1, 0.15) is 349 Å². The van der Waals surface area contributed by atoms with E-state index in [9.17, 15) is 43.2 Å². The molecule has 0 radical (unpaired) electrons. The highest BCUT2D eigenvalue weighted by Gasteiger charge is 2.30. The van der Waals surface area contributed by atoms with Crippen LogP contribution in [0.5, 0.6) is 0 Å². The number of allylic oxidation sites excluding steroid dienone is 18. The van der Waals surface area contributed by atoms with Crippen molar-refractivity contribution in [1.29, 1.82) is 0 Å². The number of ether oxygens (including phenoxy) is 4. The highest BCUT2D eigenvalue weighted by molar-refractivity contribution is 7.47. The van der Waals surface area contributed by atoms with Crippen molar-refractivity contribution in [2.75, 3.05) is 39.6 Å². The van der Waals surface area contributed by atoms with Crippen LogP contribution in [0.4, 0.5) is 0 Å². The molecule has 0 aliphatic rings. The SMILES string of the molecule is CC/C=C\C/C=C\C/C=C\C/C=C\CCCCCCCCC(=O)OCC(COP(=O)(O)OCC(O)COP(=O)(O)OCC(COC(=O)CCCCCCC/C=C\CCCCCC)OC(=O)CCCCCCC/C=C\CCCCCC)OC(=O)CCCCCCCC/C=C\C/C=C\C/C=C\CCCCC. The second-order valence-corrected chi connectivity index (χ2v) is 30.2. The van der Waals surface area contributed by atoms with Crippen molar-refractivity contribution in [2.45, 2.75) is 367 Å². The molecule has 104 heavy (non-hydrogen) atoms. The minimum absolute atomic E-state index is 0.0757. The van der Waals surface area contributed by atoms with Gasteiger partial charge in [0.15, 0.2) is 12.2 Å². The van der Waals surface area contributed by atoms with Gasteiger partial charge in [0.1, 0.15) is 19.3 Å². The molecule has 0 aromatic rings. The van der Waals surface area contributed by atoms with E-state index in [2.05, 4.69) is 137 Å². The molecule has 0 amide bonds. The summed E-state index contributed by atoms with van der Waals surface area (Å²) in [4.78, 5) is 73.1. The van der Waals surface area contributed by atoms with Gasteiger partial charge in [-0.15, -0.1) is 0 Å². The molecule has 0 saturated carbocycles. The Morgan fingerprint density at radius 2 is 0.500 bits per heavy atom. The molecule has 5 unspecified atom stereocenters. The monoisotopic (exact) mass is 1500 g/mol. The zero-order chi connectivity index (χ0) is 76.0. The van der Waals surface area contributed by atoms with Gasteiger partial charge in [-0.2, -0.15) is 0 Å². The number of aliphatic hydroxyl groups excluding tert-OH is 1. The second kappa shape index (κ2) is 76.9. The van der Waals surface area contributed by atoms with Crippen LogP contribution in [-0.4, -0.2) is 96.7 Å². The fourth-order valence-corrected chi connectivity index (χ4v) is 12.5. The number of hydrogen-bond acceptors (Lipinski definition) is 15. The Morgan fingerprint density at radius 1 is 0.279 bits per heavy atom. The van der Waals surface area contributed by atoms with E-state index >= 15 is 0 Å². The topological polar surface area (TPSA) is 237 Å². The Kier molecular flexibility index (Phi) is 73.7. The van der Waals surface area contributed by atoms with Crippen LogP contribution in [0.2, 0.25) is 0 Å². The molecule has 0 fully saturated rings. The average molecular weight is 1500 g/mol. The fraction of sp³-hybridized carbons (Fsp3) is 0.741. The summed E-state index contributed by atoms with van der Waals surface area (Å²) in [7, 11) is -9.97. The number of rotatable bonds is 77. The number of aliphatic hydroxyl groups is 1. The highest BCUT2D eigenvalue weighted by atomic mass is 31.2. The summed E-state index contributed by atoms with van der Waals surface area (Å²) in [5.41, 5.74) is 0. The van der Waals surface area contributed by atoms with Crippen molar-refractivity contribution >= 4 is 39.5 Å². The summed E-state index contributed by atoms with van der Waals surface area (Å²) >= 11 is 0. The molecule has 0 saturated heterocycles. The van der Waals surface area contributed by atoms with E-state index in [1.165, 1.54) is 70.6 Å². The number of unbranched alkanes of at least 4 members (excludes halogenated alkanes) is 33. The first-order chi connectivity index (χ1) is 50.7. The van der Waals surface area contributed by atoms with E-state index in [1.54, 1.807) is 0 Å². The van der Waals surface area contributed by atoms with Crippen molar-refractivity contribution in [3.8, 4) is 0 Å². The average Bonchev–Trinajstić information content (AvgIpc) is 0.906. The van der Waals surface area contributed by atoms with Crippen LogP contribution in [0.25, 0.3) is 0 Å². The standard InChI is InChI=1S/C85H148O17P2/c1-5-9-13-17-21-25-29-33-35-37-39-41-43-47-50-54-58-62-66-70-83(88)96-76-81(102-85(90)72-68-64-60-56-52-48-44-42-40-38-36-34-30-26-22-18-14-10-6-2)78-100-104(93,94)98-74-79(86)73-97-103(91,92)99-77-80(101-84(89)71-67-63-59-55-51-46-32-28-24-20-16-12-8-4)75-95-82(87)69-65-61-57-53-49-45-31-27-23-19-15-11-7-3/h9,13,21-22,25-28,31-36,39-42,79-81,86H,5-8,10-12,14-20,23-24,29-30,37-38,43-78H2,1-4H3,(H,91,92)(H,93,94)/b13-9-,25-21-,26-22-,31-27-,32-28-,35-33-,36-34-,41-39-,42-40-. The maximum atomic E-state index is 13.1. The molecule has 0 aliphatic carbocycles. The smallest absolute Gasteiger partial charge is 0.462 e. The molecule has 19 heteroatoms. The minimum Gasteiger partial charge on any atom is -0.462 e. The summed E-state index contributed by atoms with van der Waals surface area (Å²) < 4.78 is 68.7. The van der Waals surface area contributed by atoms with Gasteiger partial charge in [0.05, 0.1) is 26.4 Å². The van der Waals surface area contributed by atoms with Crippen LogP contribution in [-0.2, 0) is 65.4 Å². The van der Waals surface area contributed by atoms with Gasteiger partial charge in [-0.05, 0) is 154 Å². The van der Waals surface area contributed by atoms with Gasteiger partial charge < -0.3 is 33.8 Å². The van der Waals surface area contributed by atoms with E-state index in [1.807, 2.05) is 0 Å². The molecule has 0 aromatic heterocycles. The summed E-state index contributed by atoms with van der Waals surface area (Å²) in [5, 5.41) is 10.6. The Balaban J connectivity index is 5.38. The van der Waals surface area contributed by atoms with Crippen LogP contribution in [0, 0.1) is 0 Å². The van der Waals surface area contributed by atoms with Crippen molar-refractivity contribution in [2.24, 2.45) is 0 Å². The van der Waals surface area contributed by atoms with E-state index < -0.39 is 97.5 Å². The van der Waals surface area contributed by atoms with Gasteiger partial charge in [0.2, 0.25) is 0 Å². The zero-order valence-corrected chi connectivity index (χ0v) is 67.5. The first-order valence-corrected chi connectivity index (χ1v) is 44.1. The molecule has 0 aromatic carbocycles. The highest BCUT2D eigenvalue weighted by Crippen LogP contribution is 2.45. The third kappa shape index (κ3) is 75.9.